The van der Waals surface area contributed by atoms with Crippen LogP contribution in [0.5, 0.6) is 0 Å². The van der Waals surface area contributed by atoms with Crippen molar-refractivity contribution in [3.63, 3.8) is 0 Å². The lowest BCUT2D eigenvalue weighted by atomic mass is 10.1. The molecule has 0 aromatic heterocycles. The normalized spacial score (nSPS) is 13.3. The van der Waals surface area contributed by atoms with Crippen molar-refractivity contribution in [1.29, 1.82) is 0 Å². The van der Waals surface area contributed by atoms with Crippen molar-refractivity contribution in [2.45, 2.75) is 174 Å². The van der Waals surface area contributed by atoms with Crippen molar-refractivity contribution in [3.8, 4) is 0 Å². The molecule has 0 aliphatic carbocycles. The third kappa shape index (κ3) is 29.9. The zero-order valence-electron chi connectivity index (χ0n) is 31.7. The smallest absolute Gasteiger partial charge is 0.306 e. The van der Waals surface area contributed by atoms with Crippen molar-refractivity contribution < 1.29 is 38.2 Å². The van der Waals surface area contributed by atoms with Crippen LogP contribution in [0, 0.1) is 0 Å². The molecule has 0 aliphatic heterocycles. The first-order valence-electron chi connectivity index (χ1n) is 19.4. The summed E-state index contributed by atoms with van der Waals surface area (Å²) >= 11 is 0. The topological polar surface area (TPSA) is 102 Å². The standard InChI is InChI=1S/C40H73NO7/c1-6-8-10-12-14-16-18-19-20-21-23-25-27-29-31-39(43)48-36(34-46-33-32-37(40(44)45)41(3,4)5)35-47-38(42)30-28-26-24-22-17-15-13-11-9-7-2/h11,13,18-19,36-37H,6-10,12,14-17,20-35H2,1-5H3/b13-11-,19-18-. The van der Waals surface area contributed by atoms with E-state index in [0.29, 0.717) is 12.8 Å². The van der Waals surface area contributed by atoms with Gasteiger partial charge in [-0.1, -0.05) is 109 Å². The average Bonchev–Trinajstić information content (AvgIpc) is 3.03. The van der Waals surface area contributed by atoms with Gasteiger partial charge in [0.25, 0.3) is 0 Å². The molecule has 0 spiro atoms. The molecule has 0 saturated heterocycles. The Balaban J connectivity index is 4.43. The van der Waals surface area contributed by atoms with Gasteiger partial charge in [-0.05, 0) is 57.8 Å². The van der Waals surface area contributed by atoms with E-state index in [9.17, 15) is 19.5 Å². The highest BCUT2D eigenvalue weighted by Gasteiger charge is 2.25. The summed E-state index contributed by atoms with van der Waals surface area (Å²) in [5, 5.41) is 11.6. The molecule has 0 N–H and O–H groups in total. The van der Waals surface area contributed by atoms with E-state index in [1.54, 1.807) is 21.1 Å². The molecule has 280 valence electrons. The second-order valence-corrected chi connectivity index (χ2v) is 14.2. The fourth-order valence-electron chi connectivity index (χ4n) is 5.48. The van der Waals surface area contributed by atoms with Crippen LogP contribution < -0.4 is 5.11 Å². The van der Waals surface area contributed by atoms with Crippen LogP contribution in [0.25, 0.3) is 0 Å². The molecule has 0 aromatic rings. The third-order valence-electron chi connectivity index (χ3n) is 8.54. The van der Waals surface area contributed by atoms with Crippen LogP contribution in [0.2, 0.25) is 0 Å². The molecule has 2 atom stereocenters. The zero-order valence-corrected chi connectivity index (χ0v) is 31.7. The van der Waals surface area contributed by atoms with Crippen molar-refractivity contribution in [3.05, 3.63) is 24.3 Å². The molecule has 48 heavy (non-hydrogen) atoms. The molecule has 0 aromatic carbocycles. The van der Waals surface area contributed by atoms with E-state index in [1.165, 1.54) is 57.8 Å². The van der Waals surface area contributed by atoms with Crippen molar-refractivity contribution in [2.75, 3.05) is 41.0 Å². The number of nitrogens with zero attached hydrogens (tertiary/aromatic N) is 1. The van der Waals surface area contributed by atoms with E-state index in [4.69, 9.17) is 14.2 Å². The first-order valence-corrected chi connectivity index (χ1v) is 19.4. The first kappa shape index (κ1) is 45.8. The largest absolute Gasteiger partial charge is 0.544 e. The van der Waals surface area contributed by atoms with Crippen LogP contribution in [0.1, 0.15) is 162 Å². The molecular formula is C40H73NO7. The monoisotopic (exact) mass is 680 g/mol. The Labute approximate surface area is 294 Å². The predicted octanol–water partition coefficient (Wildman–Crippen LogP) is 8.41. The zero-order chi connectivity index (χ0) is 35.7. The Bertz CT molecular complexity index is 849. The number of allylic oxidation sites excluding steroid dienone is 4. The van der Waals surface area contributed by atoms with Crippen LogP contribution in [0.4, 0.5) is 0 Å². The second kappa shape index (κ2) is 32.0. The molecule has 0 saturated carbocycles. The van der Waals surface area contributed by atoms with Gasteiger partial charge in [-0.25, -0.2) is 0 Å². The SMILES string of the molecule is CCC/C=C\CCCCCCCC(=O)OCC(COCCC(C(=O)[O-])[N+](C)(C)C)OC(=O)CCCCCCC/C=C\CCCCCCC. The highest BCUT2D eigenvalue weighted by Crippen LogP contribution is 2.13. The highest BCUT2D eigenvalue weighted by molar-refractivity contribution is 5.70. The molecule has 2 unspecified atom stereocenters. The molecule has 0 radical (unpaired) electrons. The summed E-state index contributed by atoms with van der Waals surface area (Å²) in [5.74, 6) is -1.76. The lowest BCUT2D eigenvalue weighted by Crippen LogP contribution is -2.55. The van der Waals surface area contributed by atoms with E-state index in [0.717, 1.165) is 70.6 Å². The number of quaternary nitrogens is 1. The Morgan fingerprint density at radius 3 is 1.58 bits per heavy atom. The molecule has 0 amide bonds. The minimum absolute atomic E-state index is 0.0366. The molecule has 0 aliphatic rings. The highest BCUT2D eigenvalue weighted by atomic mass is 16.6. The maximum atomic E-state index is 12.6. The number of likely N-dealkylation sites (N-methyl/N-ethyl adjacent to an activating group) is 1. The molecule has 0 heterocycles. The molecule has 0 bridgehead atoms. The van der Waals surface area contributed by atoms with E-state index >= 15 is 0 Å². The number of esters is 2. The summed E-state index contributed by atoms with van der Waals surface area (Å²) in [4.78, 5) is 36.6. The summed E-state index contributed by atoms with van der Waals surface area (Å²) in [6.07, 6.45) is 32.0. The van der Waals surface area contributed by atoms with Gasteiger partial charge in [-0.15, -0.1) is 0 Å². The summed E-state index contributed by atoms with van der Waals surface area (Å²) in [7, 11) is 5.39. The van der Waals surface area contributed by atoms with Crippen LogP contribution in [-0.2, 0) is 28.6 Å². The van der Waals surface area contributed by atoms with Gasteiger partial charge in [0.1, 0.15) is 12.6 Å². The van der Waals surface area contributed by atoms with Gasteiger partial charge >= 0.3 is 11.9 Å². The number of carbonyl (C=O) groups is 3. The number of aliphatic carboxylic acids is 1. The van der Waals surface area contributed by atoms with Crippen LogP contribution >= 0.6 is 0 Å². The summed E-state index contributed by atoms with van der Waals surface area (Å²) in [6.45, 7) is 4.56. The van der Waals surface area contributed by atoms with Gasteiger partial charge in [-0.2, -0.15) is 0 Å². The molecule has 8 nitrogen and oxygen atoms in total. The van der Waals surface area contributed by atoms with E-state index < -0.39 is 18.1 Å². The van der Waals surface area contributed by atoms with Crippen molar-refractivity contribution in [1.82, 2.24) is 0 Å². The second-order valence-electron chi connectivity index (χ2n) is 14.2. The Hall–Kier alpha value is -2.19. The molecular weight excluding hydrogens is 606 g/mol. The fraction of sp³-hybridized carbons (Fsp3) is 0.825. The van der Waals surface area contributed by atoms with Gasteiger partial charge in [-0.3, -0.25) is 9.59 Å². The summed E-state index contributed by atoms with van der Waals surface area (Å²) in [5.41, 5.74) is 0. The lowest BCUT2D eigenvalue weighted by Gasteiger charge is -2.34. The van der Waals surface area contributed by atoms with Crippen LogP contribution in [0.3, 0.4) is 0 Å². The summed E-state index contributed by atoms with van der Waals surface area (Å²) < 4.78 is 17.1. The van der Waals surface area contributed by atoms with Gasteiger partial charge < -0.3 is 28.6 Å². The number of carbonyl (C=O) groups excluding carboxylic acids is 3. The number of rotatable bonds is 34. The number of hydrogen-bond donors (Lipinski definition) is 0. The van der Waals surface area contributed by atoms with Crippen LogP contribution in [-0.4, -0.2) is 75.5 Å². The Kier molecular flexibility index (Phi) is 30.6. The number of unbranched alkanes of at least 4 members (excludes halogenated alkanes) is 16. The number of ether oxygens (including phenoxy) is 3. The van der Waals surface area contributed by atoms with E-state index in [-0.39, 0.29) is 42.7 Å². The minimum atomic E-state index is -1.13. The first-order chi connectivity index (χ1) is 23.1. The minimum Gasteiger partial charge on any atom is -0.544 e. The average molecular weight is 680 g/mol. The van der Waals surface area contributed by atoms with E-state index in [2.05, 4.69) is 38.2 Å². The predicted molar refractivity (Wildman–Crippen MR) is 194 cm³/mol. The Morgan fingerprint density at radius 2 is 1.08 bits per heavy atom. The lowest BCUT2D eigenvalue weighted by molar-refractivity contribution is -0.889. The quantitative estimate of drug-likeness (QED) is 0.0291. The van der Waals surface area contributed by atoms with Crippen molar-refractivity contribution >= 4 is 17.9 Å². The molecule has 0 rings (SSSR count). The van der Waals surface area contributed by atoms with Crippen LogP contribution in [0.15, 0.2) is 24.3 Å². The maximum absolute atomic E-state index is 12.6. The van der Waals surface area contributed by atoms with Crippen molar-refractivity contribution in [2.24, 2.45) is 0 Å². The number of carboxylic acid groups (broad SMARTS) is 1. The summed E-state index contributed by atoms with van der Waals surface area (Å²) in [6, 6.07) is -0.724. The van der Waals surface area contributed by atoms with Gasteiger partial charge in [0.2, 0.25) is 0 Å². The molecule has 0 fully saturated rings. The molecule has 8 heteroatoms. The van der Waals surface area contributed by atoms with Gasteiger partial charge in [0.05, 0.1) is 40.3 Å². The Morgan fingerprint density at radius 1 is 0.604 bits per heavy atom. The number of hydrogen-bond acceptors (Lipinski definition) is 7. The number of carboxylic acids is 1. The third-order valence-corrected chi connectivity index (χ3v) is 8.54. The van der Waals surface area contributed by atoms with E-state index in [1.807, 2.05) is 0 Å². The maximum Gasteiger partial charge on any atom is 0.306 e. The fourth-order valence-corrected chi connectivity index (χ4v) is 5.48. The van der Waals surface area contributed by atoms with Gasteiger partial charge in [0.15, 0.2) is 6.10 Å². The van der Waals surface area contributed by atoms with Gasteiger partial charge in [0, 0.05) is 19.3 Å².